The van der Waals surface area contributed by atoms with Gasteiger partial charge in [0.1, 0.15) is 0 Å². The molecule has 0 saturated heterocycles. The molecule has 0 rings (SSSR count). The van der Waals surface area contributed by atoms with Crippen molar-refractivity contribution < 1.29 is 39.1 Å². The lowest BCUT2D eigenvalue weighted by Gasteiger charge is -2.17. The average molecular weight is 244 g/mol. The van der Waals surface area contributed by atoms with Crippen molar-refractivity contribution in [1.29, 1.82) is 0 Å². The molecule has 1 N–H and O–H groups in total. The summed E-state index contributed by atoms with van der Waals surface area (Å²) in [5.41, 5.74) is 0. The van der Waals surface area contributed by atoms with Crippen LogP contribution >= 0.6 is 0 Å². The largest absolute Gasteiger partial charge is 0.416 e. The van der Waals surface area contributed by atoms with Crippen LogP contribution in [0.25, 0.3) is 0 Å². The monoisotopic (exact) mass is 244 g/mol. The Hall–Kier alpha value is -0.480. The van der Waals surface area contributed by atoms with Gasteiger partial charge in [0.25, 0.3) is 0 Å². The van der Waals surface area contributed by atoms with Crippen LogP contribution in [0.3, 0.4) is 0 Å². The molecule has 1 atom stereocenters. The van der Waals surface area contributed by atoms with Crippen molar-refractivity contribution in [1.82, 2.24) is 0 Å². The third-order valence-electron chi connectivity index (χ3n) is 0.995. The van der Waals surface area contributed by atoms with Gasteiger partial charge in [0.15, 0.2) is 6.10 Å². The summed E-state index contributed by atoms with van der Waals surface area (Å²) >= 11 is 0. The zero-order valence-electron chi connectivity index (χ0n) is 6.33. The maximum absolute atomic E-state index is 11.8. The molecule has 0 fully saturated rings. The van der Waals surface area contributed by atoms with Crippen LogP contribution in [0.1, 0.15) is 6.42 Å². The summed E-state index contributed by atoms with van der Waals surface area (Å²) in [6.45, 7) is 0. The van der Waals surface area contributed by atoms with Gasteiger partial charge in [-0.2, -0.15) is 21.6 Å². The highest BCUT2D eigenvalue weighted by Gasteiger charge is 2.45. The van der Waals surface area contributed by atoms with Gasteiger partial charge in [-0.3, -0.25) is 4.55 Å². The number of rotatable bonds is 4. The second-order valence-corrected chi connectivity index (χ2v) is 3.23. The Kier molecular flexibility index (Phi) is 4.21. The zero-order chi connectivity index (χ0) is 11.6. The lowest BCUT2D eigenvalue weighted by atomic mass is 10.2. The molecule has 0 saturated carbocycles. The molecule has 0 radical (unpaired) electrons. The predicted octanol–water partition coefficient (Wildman–Crippen LogP) is 1.39. The number of halogens is 5. The maximum Gasteiger partial charge on any atom is 0.416 e. The van der Waals surface area contributed by atoms with Crippen LogP contribution in [0, 0.1) is 0 Å². The molecule has 0 amide bonds. The number of hydrogen-bond donors (Lipinski definition) is 1. The quantitative estimate of drug-likeness (QED) is 0.599. The first-order chi connectivity index (χ1) is 6.02. The molecule has 0 aromatic carbocycles. The van der Waals surface area contributed by atoms with Crippen LogP contribution < -0.4 is 0 Å². The van der Waals surface area contributed by atoms with Crippen LogP contribution in [0.5, 0.6) is 0 Å². The minimum Gasteiger partial charge on any atom is -0.264 e. The molecule has 14 heavy (non-hydrogen) atoms. The lowest BCUT2D eigenvalue weighted by molar-refractivity contribution is -0.204. The Balaban J connectivity index is 4.58. The van der Waals surface area contributed by atoms with Crippen molar-refractivity contribution in [2.45, 2.75) is 25.1 Å². The standard InChI is InChI=1S/C4H5F5O4S/c5-3(6)1-2(4(7,8)9)13-14(10,11)12/h2-3H,1H2,(H,10,11,12). The van der Waals surface area contributed by atoms with Gasteiger partial charge in [0.2, 0.25) is 6.43 Å². The summed E-state index contributed by atoms with van der Waals surface area (Å²) in [6.07, 6.45) is -13.8. The second-order valence-electron chi connectivity index (χ2n) is 2.18. The topological polar surface area (TPSA) is 63.6 Å². The van der Waals surface area contributed by atoms with Gasteiger partial charge in [-0.25, -0.2) is 13.0 Å². The molecule has 10 heteroatoms. The molecule has 0 bridgehead atoms. The summed E-state index contributed by atoms with van der Waals surface area (Å²) in [5.74, 6) is 0. The number of hydrogen-bond acceptors (Lipinski definition) is 3. The molecule has 4 nitrogen and oxygen atoms in total. The van der Waals surface area contributed by atoms with E-state index >= 15 is 0 Å². The van der Waals surface area contributed by atoms with Crippen molar-refractivity contribution in [3.63, 3.8) is 0 Å². The van der Waals surface area contributed by atoms with Gasteiger partial charge in [-0.05, 0) is 0 Å². The Bertz CT molecular complexity index is 270. The smallest absolute Gasteiger partial charge is 0.264 e. The summed E-state index contributed by atoms with van der Waals surface area (Å²) in [4.78, 5) is 0. The molecule has 0 aliphatic heterocycles. The fourth-order valence-electron chi connectivity index (χ4n) is 0.536. The van der Waals surface area contributed by atoms with E-state index < -0.39 is 35.5 Å². The maximum atomic E-state index is 11.8. The first-order valence-electron chi connectivity index (χ1n) is 3.03. The summed E-state index contributed by atoms with van der Waals surface area (Å²) in [7, 11) is -5.41. The van der Waals surface area contributed by atoms with E-state index in [9.17, 15) is 30.4 Å². The molecule has 0 spiro atoms. The predicted molar refractivity (Wildman–Crippen MR) is 33.1 cm³/mol. The van der Waals surface area contributed by atoms with Crippen LogP contribution in [0.2, 0.25) is 0 Å². The third-order valence-corrected chi connectivity index (χ3v) is 1.47. The fourth-order valence-corrected chi connectivity index (χ4v) is 1.02. The van der Waals surface area contributed by atoms with Gasteiger partial charge in [-0.1, -0.05) is 0 Å². The zero-order valence-corrected chi connectivity index (χ0v) is 7.15. The van der Waals surface area contributed by atoms with Crippen LogP contribution in [0.4, 0.5) is 22.0 Å². The van der Waals surface area contributed by atoms with Crippen LogP contribution in [0.15, 0.2) is 0 Å². The molecule has 0 aromatic heterocycles. The van der Waals surface area contributed by atoms with Crippen molar-refractivity contribution >= 4 is 10.4 Å². The Morgan fingerprint density at radius 2 is 1.71 bits per heavy atom. The van der Waals surface area contributed by atoms with E-state index in [1.165, 1.54) is 0 Å². The summed E-state index contributed by atoms with van der Waals surface area (Å²) < 4.78 is 89.0. The van der Waals surface area contributed by atoms with E-state index in [0.29, 0.717) is 0 Å². The first kappa shape index (κ1) is 13.5. The number of alkyl halides is 5. The van der Waals surface area contributed by atoms with E-state index in [0.717, 1.165) is 0 Å². The molecule has 0 aliphatic carbocycles. The Morgan fingerprint density at radius 3 is 1.93 bits per heavy atom. The summed E-state index contributed by atoms with van der Waals surface area (Å²) in [5, 5.41) is 0. The minimum atomic E-state index is -5.41. The van der Waals surface area contributed by atoms with Gasteiger partial charge >= 0.3 is 16.6 Å². The van der Waals surface area contributed by atoms with E-state index in [1.807, 2.05) is 0 Å². The minimum absolute atomic E-state index is 1.86. The molecule has 86 valence electrons. The van der Waals surface area contributed by atoms with Crippen LogP contribution in [-0.4, -0.2) is 31.7 Å². The van der Waals surface area contributed by atoms with Gasteiger partial charge < -0.3 is 0 Å². The Morgan fingerprint density at radius 1 is 1.29 bits per heavy atom. The van der Waals surface area contributed by atoms with Crippen LogP contribution in [-0.2, 0) is 14.6 Å². The molecule has 0 aromatic rings. The molecular weight excluding hydrogens is 239 g/mol. The molecule has 1 unspecified atom stereocenters. The van der Waals surface area contributed by atoms with E-state index in [4.69, 9.17) is 4.55 Å². The third kappa shape index (κ3) is 6.05. The summed E-state index contributed by atoms with van der Waals surface area (Å²) in [6, 6.07) is 0. The highest BCUT2D eigenvalue weighted by molar-refractivity contribution is 7.80. The molecule has 0 aliphatic rings. The SMILES string of the molecule is O=S(=O)(O)OC(CC(F)F)C(F)(F)F. The van der Waals surface area contributed by atoms with Gasteiger partial charge in [0, 0.05) is 6.42 Å². The highest BCUT2D eigenvalue weighted by atomic mass is 32.3. The van der Waals surface area contributed by atoms with E-state index in [2.05, 4.69) is 4.18 Å². The fraction of sp³-hybridized carbons (Fsp3) is 1.00. The van der Waals surface area contributed by atoms with Crippen molar-refractivity contribution in [3.05, 3.63) is 0 Å². The molecular formula is C4H5F5O4S. The molecule has 0 heterocycles. The lowest BCUT2D eigenvalue weighted by Crippen LogP contribution is -2.35. The van der Waals surface area contributed by atoms with E-state index in [1.54, 1.807) is 0 Å². The Labute approximate surface area is 75.6 Å². The highest BCUT2D eigenvalue weighted by Crippen LogP contribution is 2.28. The normalized spacial score (nSPS) is 15.9. The van der Waals surface area contributed by atoms with Gasteiger partial charge in [0.05, 0.1) is 0 Å². The van der Waals surface area contributed by atoms with Crippen molar-refractivity contribution in [2.75, 3.05) is 0 Å². The van der Waals surface area contributed by atoms with Gasteiger partial charge in [-0.15, -0.1) is 0 Å². The first-order valence-corrected chi connectivity index (χ1v) is 4.39. The van der Waals surface area contributed by atoms with E-state index in [-0.39, 0.29) is 0 Å². The van der Waals surface area contributed by atoms with Crippen molar-refractivity contribution in [3.8, 4) is 0 Å². The van der Waals surface area contributed by atoms with Crippen molar-refractivity contribution in [2.24, 2.45) is 0 Å². The average Bonchev–Trinajstić information content (AvgIpc) is 1.78. The second kappa shape index (κ2) is 4.36.